The molecule has 2 rings (SSSR count). The summed E-state index contributed by atoms with van der Waals surface area (Å²) in [4.78, 5) is 8.64. The maximum absolute atomic E-state index is 6.01. The summed E-state index contributed by atoms with van der Waals surface area (Å²) in [7, 11) is 0. The van der Waals surface area contributed by atoms with Gasteiger partial charge in [-0.3, -0.25) is 0 Å². The van der Waals surface area contributed by atoms with E-state index in [2.05, 4.69) is 16.0 Å². The van der Waals surface area contributed by atoms with Crippen LogP contribution in [-0.4, -0.2) is 9.97 Å². The first-order valence-electron chi connectivity index (χ1n) is 5.73. The molecule has 1 heterocycles. The van der Waals surface area contributed by atoms with Gasteiger partial charge in [-0.15, -0.1) is 0 Å². The molecule has 0 amide bonds. The summed E-state index contributed by atoms with van der Waals surface area (Å²) in [6, 6.07) is 0. The van der Waals surface area contributed by atoms with Crippen molar-refractivity contribution in [1.29, 1.82) is 0 Å². The average Bonchev–Trinajstić information content (AvgIpc) is 2.33. The highest BCUT2D eigenvalue weighted by molar-refractivity contribution is 6.32. The fraction of sp³-hybridized carbons (Fsp3) is 0.500. The minimum absolute atomic E-state index is 0.383. The Labute approximate surface area is 101 Å². The number of aromatic nitrogens is 2. The number of hydrogen-bond donors (Lipinski definition) is 1. The number of anilines is 1. The molecule has 3 nitrogen and oxygen atoms in total. The molecule has 0 atom stereocenters. The van der Waals surface area contributed by atoms with Crippen LogP contribution in [0, 0.1) is 0 Å². The van der Waals surface area contributed by atoms with Gasteiger partial charge in [-0.2, -0.15) is 0 Å². The van der Waals surface area contributed by atoms with Gasteiger partial charge in [-0.1, -0.05) is 24.6 Å². The van der Waals surface area contributed by atoms with Crippen LogP contribution in [0.15, 0.2) is 6.08 Å². The summed E-state index contributed by atoms with van der Waals surface area (Å²) in [5, 5.41) is 0.383. The number of nitrogens with zero attached hydrogens (tertiary/aromatic N) is 2. The van der Waals surface area contributed by atoms with Gasteiger partial charge < -0.3 is 5.73 Å². The molecule has 4 heteroatoms. The summed E-state index contributed by atoms with van der Waals surface area (Å²) in [5.41, 5.74) is 8.53. The maximum Gasteiger partial charge on any atom is 0.156 e. The third kappa shape index (κ3) is 2.19. The lowest BCUT2D eigenvalue weighted by molar-refractivity contribution is 0.738. The van der Waals surface area contributed by atoms with E-state index in [1.807, 2.05) is 6.92 Å². The number of halogens is 1. The number of allylic oxidation sites excluding steroid dienone is 2. The summed E-state index contributed by atoms with van der Waals surface area (Å²) >= 11 is 6.01. The van der Waals surface area contributed by atoms with Gasteiger partial charge >= 0.3 is 0 Å². The monoisotopic (exact) mass is 237 g/mol. The van der Waals surface area contributed by atoms with Crippen molar-refractivity contribution in [3.63, 3.8) is 0 Å². The molecule has 1 aromatic heterocycles. The molecule has 0 bridgehead atoms. The van der Waals surface area contributed by atoms with Gasteiger partial charge in [0.15, 0.2) is 5.15 Å². The van der Waals surface area contributed by atoms with E-state index < -0.39 is 0 Å². The highest BCUT2D eigenvalue weighted by atomic mass is 35.5. The third-order valence-electron chi connectivity index (χ3n) is 2.86. The molecule has 0 aromatic carbocycles. The van der Waals surface area contributed by atoms with Gasteiger partial charge in [0.1, 0.15) is 5.82 Å². The highest BCUT2D eigenvalue weighted by Crippen LogP contribution is 2.31. The highest BCUT2D eigenvalue weighted by Gasteiger charge is 2.15. The summed E-state index contributed by atoms with van der Waals surface area (Å²) in [5.74, 6) is 0.765. The standard InChI is InChI=1S/C12H16ClN3/c1-2-9-15-11(10(14)12(13)16-9)8-6-4-3-5-7-8/h6H,2-5,7,14H2,1H3. The molecule has 0 aliphatic heterocycles. The van der Waals surface area contributed by atoms with E-state index in [0.717, 1.165) is 30.8 Å². The van der Waals surface area contributed by atoms with Crippen LogP contribution in [0.2, 0.25) is 5.15 Å². The molecule has 0 radical (unpaired) electrons. The normalized spacial score (nSPS) is 16.0. The smallest absolute Gasteiger partial charge is 0.156 e. The predicted octanol–water partition coefficient (Wildman–Crippen LogP) is 3.23. The van der Waals surface area contributed by atoms with Crippen LogP contribution in [-0.2, 0) is 6.42 Å². The molecule has 16 heavy (non-hydrogen) atoms. The van der Waals surface area contributed by atoms with Gasteiger partial charge in [-0.05, 0) is 31.3 Å². The molecule has 0 saturated carbocycles. The van der Waals surface area contributed by atoms with Crippen molar-refractivity contribution in [3.8, 4) is 0 Å². The van der Waals surface area contributed by atoms with Gasteiger partial charge in [-0.25, -0.2) is 9.97 Å². The molecule has 1 aromatic rings. The molecule has 86 valence electrons. The third-order valence-corrected chi connectivity index (χ3v) is 3.14. The van der Waals surface area contributed by atoms with E-state index in [1.165, 1.54) is 18.4 Å². The summed E-state index contributed by atoms with van der Waals surface area (Å²) in [6.07, 6.45) is 7.61. The number of nitrogens with two attached hydrogens (primary N) is 1. The van der Waals surface area contributed by atoms with Crippen molar-refractivity contribution in [1.82, 2.24) is 9.97 Å². The van der Waals surface area contributed by atoms with Gasteiger partial charge in [0.05, 0.1) is 11.4 Å². The quantitative estimate of drug-likeness (QED) is 0.804. The zero-order chi connectivity index (χ0) is 11.5. The number of nitrogen functional groups attached to an aromatic ring is 1. The van der Waals surface area contributed by atoms with E-state index in [9.17, 15) is 0 Å². The Kier molecular flexibility index (Phi) is 3.44. The molecule has 1 aliphatic carbocycles. The molecule has 2 N–H and O–H groups in total. The van der Waals surface area contributed by atoms with E-state index in [0.29, 0.717) is 10.8 Å². The van der Waals surface area contributed by atoms with Gasteiger partial charge in [0.25, 0.3) is 0 Å². The Bertz CT molecular complexity index is 427. The SMILES string of the molecule is CCc1nc(Cl)c(N)c(C2=CCCCC2)n1. The van der Waals surface area contributed by atoms with Crippen LogP contribution in [0.3, 0.4) is 0 Å². The molecular formula is C12H16ClN3. The minimum atomic E-state index is 0.383. The second-order valence-electron chi connectivity index (χ2n) is 4.02. The molecule has 0 spiro atoms. The molecule has 0 fully saturated rings. The lowest BCUT2D eigenvalue weighted by Gasteiger charge is -2.15. The van der Waals surface area contributed by atoms with Crippen molar-refractivity contribution in [2.24, 2.45) is 0 Å². The summed E-state index contributed by atoms with van der Waals surface area (Å²) < 4.78 is 0. The van der Waals surface area contributed by atoms with E-state index >= 15 is 0 Å². The van der Waals surface area contributed by atoms with Crippen molar-refractivity contribution >= 4 is 22.9 Å². The molecule has 0 unspecified atom stereocenters. The van der Waals surface area contributed by atoms with Gasteiger partial charge in [0.2, 0.25) is 0 Å². The first-order chi connectivity index (χ1) is 7.72. The zero-order valence-electron chi connectivity index (χ0n) is 9.46. The molecule has 1 aliphatic rings. The van der Waals surface area contributed by atoms with E-state index in [1.54, 1.807) is 0 Å². The topological polar surface area (TPSA) is 51.8 Å². The Morgan fingerprint density at radius 3 is 2.81 bits per heavy atom. The van der Waals surface area contributed by atoms with Crippen LogP contribution in [0.4, 0.5) is 5.69 Å². The Morgan fingerprint density at radius 1 is 1.38 bits per heavy atom. The number of hydrogen-bond acceptors (Lipinski definition) is 3. The first kappa shape index (κ1) is 11.4. The average molecular weight is 238 g/mol. The Balaban J connectivity index is 2.46. The van der Waals surface area contributed by atoms with Crippen LogP contribution >= 0.6 is 11.6 Å². The second-order valence-corrected chi connectivity index (χ2v) is 4.38. The first-order valence-corrected chi connectivity index (χ1v) is 6.11. The predicted molar refractivity (Wildman–Crippen MR) is 67.3 cm³/mol. The van der Waals surface area contributed by atoms with Crippen molar-refractivity contribution < 1.29 is 0 Å². The summed E-state index contributed by atoms with van der Waals surface area (Å²) in [6.45, 7) is 2.01. The Hall–Kier alpha value is -1.09. The van der Waals surface area contributed by atoms with Crippen molar-refractivity contribution in [2.45, 2.75) is 39.0 Å². The van der Waals surface area contributed by atoms with Crippen LogP contribution in [0.1, 0.15) is 44.1 Å². The molecule has 0 saturated heterocycles. The van der Waals surface area contributed by atoms with Crippen molar-refractivity contribution in [2.75, 3.05) is 5.73 Å². The maximum atomic E-state index is 6.01. The van der Waals surface area contributed by atoms with Crippen LogP contribution in [0.5, 0.6) is 0 Å². The van der Waals surface area contributed by atoms with Crippen LogP contribution in [0.25, 0.3) is 5.57 Å². The largest absolute Gasteiger partial charge is 0.394 e. The van der Waals surface area contributed by atoms with E-state index in [-0.39, 0.29) is 0 Å². The fourth-order valence-corrected chi connectivity index (χ4v) is 2.13. The lowest BCUT2D eigenvalue weighted by atomic mass is 9.96. The van der Waals surface area contributed by atoms with Crippen molar-refractivity contribution in [3.05, 3.63) is 22.7 Å². The number of rotatable bonds is 2. The fourth-order valence-electron chi connectivity index (χ4n) is 1.94. The van der Waals surface area contributed by atoms with Gasteiger partial charge in [0, 0.05) is 6.42 Å². The van der Waals surface area contributed by atoms with Crippen LogP contribution < -0.4 is 5.73 Å². The lowest BCUT2D eigenvalue weighted by Crippen LogP contribution is -2.06. The Morgan fingerprint density at radius 2 is 2.19 bits per heavy atom. The molecular weight excluding hydrogens is 222 g/mol. The van der Waals surface area contributed by atoms with E-state index in [4.69, 9.17) is 17.3 Å². The zero-order valence-corrected chi connectivity index (χ0v) is 10.2. The second kappa shape index (κ2) is 4.83. The number of aryl methyl sites for hydroxylation is 1. The minimum Gasteiger partial charge on any atom is -0.394 e.